The van der Waals surface area contributed by atoms with Crippen molar-refractivity contribution < 1.29 is 22.7 Å². The van der Waals surface area contributed by atoms with Crippen molar-refractivity contribution in [2.75, 3.05) is 24.4 Å². The molecule has 8 heteroatoms. The van der Waals surface area contributed by atoms with Crippen LogP contribution in [0.2, 0.25) is 0 Å². The number of nitrogens with zero attached hydrogens (tertiary/aromatic N) is 1. The maximum absolute atomic E-state index is 13.1. The minimum atomic E-state index is -3.87. The zero-order chi connectivity index (χ0) is 23.5. The average molecular weight is 459 g/mol. The lowest BCUT2D eigenvalue weighted by Crippen LogP contribution is -2.40. The lowest BCUT2D eigenvalue weighted by molar-refractivity contribution is -0.149. The smallest absolute Gasteiger partial charge is 0.309 e. The van der Waals surface area contributed by atoms with Crippen molar-refractivity contribution in [3.05, 3.63) is 58.7 Å². The van der Waals surface area contributed by atoms with Crippen LogP contribution < -0.4 is 4.72 Å². The maximum Gasteiger partial charge on any atom is 0.309 e. The number of aryl methyl sites for hydroxylation is 3. The van der Waals surface area contributed by atoms with Crippen LogP contribution in [0.1, 0.15) is 46.8 Å². The number of anilines is 1. The zero-order valence-corrected chi connectivity index (χ0v) is 19.8. The molecule has 2 aromatic rings. The molecule has 1 amide bonds. The molecule has 172 valence electrons. The summed E-state index contributed by atoms with van der Waals surface area (Å²) in [5.74, 6) is -0.661. The number of carbonyl (C=O) groups excluding carboxylic acids is 2. The van der Waals surface area contributed by atoms with Gasteiger partial charge in [0.15, 0.2) is 0 Å². The Hall–Kier alpha value is -2.87. The third kappa shape index (κ3) is 5.30. The van der Waals surface area contributed by atoms with Crippen LogP contribution >= 0.6 is 0 Å². The van der Waals surface area contributed by atoms with Crippen molar-refractivity contribution in [3.8, 4) is 0 Å². The molecular formula is C24H30N2O5S. The van der Waals surface area contributed by atoms with E-state index in [2.05, 4.69) is 4.72 Å². The first-order valence-corrected chi connectivity index (χ1v) is 12.3. The van der Waals surface area contributed by atoms with Gasteiger partial charge in [-0.25, -0.2) is 8.42 Å². The van der Waals surface area contributed by atoms with E-state index < -0.39 is 10.0 Å². The Morgan fingerprint density at radius 2 is 1.72 bits per heavy atom. The van der Waals surface area contributed by atoms with Gasteiger partial charge in [-0.15, -0.1) is 0 Å². The zero-order valence-electron chi connectivity index (χ0n) is 19.0. The van der Waals surface area contributed by atoms with E-state index in [0.29, 0.717) is 49.4 Å². The van der Waals surface area contributed by atoms with Gasteiger partial charge in [-0.05, 0) is 69.9 Å². The highest BCUT2D eigenvalue weighted by molar-refractivity contribution is 7.92. The molecule has 1 fully saturated rings. The van der Waals surface area contributed by atoms with E-state index in [9.17, 15) is 18.0 Å². The molecule has 0 atom stereocenters. The molecule has 0 bridgehead atoms. The van der Waals surface area contributed by atoms with Crippen molar-refractivity contribution in [1.29, 1.82) is 0 Å². The third-order valence-electron chi connectivity index (χ3n) is 5.75. The van der Waals surface area contributed by atoms with Crippen LogP contribution in [0.25, 0.3) is 0 Å². The number of likely N-dealkylation sites (tertiary alicyclic amines) is 1. The average Bonchev–Trinajstić information content (AvgIpc) is 2.75. The Morgan fingerprint density at radius 1 is 1.03 bits per heavy atom. The number of rotatable bonds is 6. The van der Waals surface area contributed by atoms with Gasteiger partial charge in [0.25, 0.3) is 15.9 Å². The van der Waals surface area contributed by atoms with Gasteiger partial charge in [0, 0.05) is 18.7 Å². The number of nitrogens with one attached hydrogen (secondary N) is 1. The van der Waals surface area contributed by atoms with Crippen LogP contribution in [-0.2, 0) is 19.6 Å². The highest BCUT2D eigenvalue weighted by Crippen LogP contribution is 2.25. The van der Waals surface area contributed by atoms with Gasteiger partial charge in [-0.1, -0.05) is 23.8 Å². The molecule has 32 heavy (non-hydrogen) atoms. The molecule has 0 aliphatic carbocycles. The lowest BCUT2D eigenvalue weighted by atomic mass is 9.96. The molecule has 1 saturated heterocycles. The topological polar surface area (TPSA) is 92.8 Å². The summed E-state index contributed by atoms with van der Waals surface area (Å²) in [7, 11) is -3.87. The number of hydrogen-bond donors (Lipinski definition) is 1. The summed E-state index contributed by atoms with van der Waals surface area (Å²) in [5, 5.41) is 0. The molecule has 3 rings (SSSR count). The number of benzene rings is 2. The first-order valence-electron chi connectivity index (χ1n) is 10.8. The van der Waals surface area contributed by atoms with Crippen molar-refractivity contribution in [3.63, 3.8) is 0 Å². The highest BCUT2D eigenvalue weighted by Gasteiger charge is 2.29. The molecule has 0 spiro atoms. The molecule has 1 aliphatic heterocycles. The number of piperidine rings is 1. The Labute approximate surface area is 189 Å². The number of hydrogen-bond acceptors (Lipinski definition) is 5. The summed E-state index contributed by atoms with van der Waals surface area (Å²) in [6, 6.07) is 10.2. The lowest BCUT2D eigenvalue weighted by Gasteiger charge is -2.31. The Morgan fingerprint density at radius 3 is 2.34 bits per heavy atom. The van der Waals surface area contributed by atoms with Gasteiger partial charge in [0.1, 0.15) is 0 Å². The second-order valence-electron chi connectivity index (χ2n) is 8.22. The summed E-state index contributed by atoms with van der Waals surface area (Å²) in [6.07, 6.45) is 1.08. The van der Waals surface area contributed by atoms with Gasteiger partial charge in [-0.2, -0.15) is 0 Å². The summed E-state index contributed by atoms with van der Waals surface area (Å²) in [5.41, 5.74) is 3.24. The summed E-state index contributed by atoms with van der Waals surface area (Å²) in [4.78, 5) is 26.7. The molecule has 7 nitrogen and oxygen atoms in total. The van der Waals surface area contributed by atoms with Crippen LogP contribution in [0.5, 0.6) is 0 Å². The van der Waals surface area contributed by atoms with Gasteiger partial charge in [-0.3, -0.25) is 14.3 Å². The largest absolute Gasteiger partial charge is 0.466 e. The predicted octanol–water partition coefficient (Wildman–Crippen LogP) is 3.83. The van der Waals surface area contributed by atoms with E-state index in [0.717, 1.165) is 11.1 Å². The van der Waals surface area contributed by atoms with Gasteiger partial charge < -0.3 is 9.64 Å². The fraction of sp³-hybridized carbons (Fsp3) is 0.417. The number of ether oxygens (including phenoxy) is 1. The van der Waals surface area contributed by atoms with E-state index >= 15 is 0 Å². The normalized spacial score (nSPS) is 14.8. The van der Waals surface area contributed by atoms with Crippen molar-refractivity contribution >= 4 is 27.6 Å². The number of esters is 1. The van der Waals surface area contributed by atoms with E-state index in [1.54, 1.807) is 36.9 Å². The molecular weight excluding hydrogens is 428 g/mol. The number of amides is 1. The summed E-state index contributed by atoms with van der Waals surface area (Å²) < 4.78 is 33.9. The van der Waals surface area contributed by atoms with Crippen LogP contribution in [0, 0.1) is 26.7 Å². The number of sulfonamides is 1. The molecule has 0 radical (unpaired) electrons. The minimum Gasteiger partial charge on any atom is -0.466 e. The summed E-state index contributed by atoms with van der Waals surface area (Å²) in [6.45, 7) is 8.47. The fourth-order valence-electron chi connectivity index (χ4n) is 3.91. The van der Waals surface area contributed by atoms with Crippen molar-refractivity contribution in [2.45, 2.75) is 45.4 Å². The van der Waals surface area contributed by atoms with E-state index in [1.165, 1.54) is 6.07 Å². The monoisotopic (exact) mass is 458 g/mol. The van der Waals surface area contributed by atoms with Crippen LogP contribution in [0.15, 0.2) is 41.3 Å². The molecule has 1 heterocycles. The van der Waals surface area contributed by atoms with Gasteiger partial charge in [0.2, 0.25) is 0 Å². The van der Waals surface area contributed by atoms with Crippen LogP contribution in [0.4, 0.5) is 5.69 Å². The fourth-order valence-corrected chi connectivity index (χ4v) is 5.31. The predicted molar refractivity (Wildman–Crippen MR) is 123 cm³/mol. The molecule has 0 aromatic heterocycles. The van der Waals surface area contributed by atoms with E-state index in [1.807, 2.05) is 26.0 Å². The molecule has 1 aliphatic rings. The Balaban J connectivity index is 1.78. The Kier molecular flexibility index (Phi) is 7.23. The Bertz CT molecular complexity index is 1120. The quantitative estimate of drug-likeness (QED) is 0.664. The van der Waals surface area contributed by atoms with Crippen LogP contribution in [0.3, 0.4) is 0 Å². The van der Waals surface area contributed by atoms with Crippen LogP contribution in [-0.4, -0.2) is 44.9 Å². The van der Waals surface area contributed by atoms with Gasteiger partial charge in [0.05, 0.1) is 23.1 Å². The summed E-state index contributed by atoms with van der Waals surface area (Å²) >= 11 is 0. The molecule has 0 unspecified atom stereocenters. The third-order valence-corrected chi connectivity index (χ3v) is 7.26. The number of carbonyl (C=O) groups is 2. The standard InChI is InChI=1S/C24H30N2O5S/c1-5-31-24(28)19-10-12-26(13-11-19)23(27)20-8-7-17(3)22(15-20)32(29,30)25-21-9-6-16(2)14-18(21)4/h6-9,14-15,19,25H,5,10-13H2,1-4H3. The molecule has 1 N–H and O–H groups in total. The van der Waals surface area contributed by atoms with Crippen molar-refractivity contribution in [2.24, 2.45) is 5.92 Å². The molecule has 0 saturated carbocycles. The minimum absolute atomic E-state index is 0.0738. The van der Waals surface area contributed by atoms with E-state index in [4.69, 9.17) is 4.74 Å². The second-order valence-corrected chi connectivity index (χ2v) is 9.87. The van der Waals surface area contributed by atoms with Gasteiger partial charge >= 0.3 is 5.97 Å². The molecule has 2 aromatic carbocycles. The SMILES string of the molecule is CCOC(=O)C1CCN(C(=O)c2ccc(C)c(S(=O)(=O)Nc3ccc(C)cc3C)c2)CC1. The van der Waals surface area contributed by atoms with Crippen molar-refractivity contribution in [1.82, 2.24) is 4.90 Å². The first-order chi connectivity index (χ1) is 15.1. The highest BCUT2D eigenvalue weighted by atomic mass is 32.2. The maximum atomic E-state index is 13.1. The first kappa shape index (κ1) is 23.8. The second kappa shape index (κ2) is 9.73. The van der Waals surface area contributed by atoms with E-state index in [-0.39, 0.29) is 22.7 Å².